The van der Waals surface area contributed by atoms with Gasteiger partial charge in [-0.3, -0.25) is 0 Å². The molecule has 1 aliphatic heterocycles. The molecule has 84 valence electrons. The van der Waals surface area contributed by atoms with Crippen LogP contribution in [-0.2, 0) is 14.9 Å². The van der Waals surface area contributed by atoms with E-state index in [0.717, 1.165) is 12.8 Å². The van der Waals surface area contributed by atoms with Gasteiger partial charge in [-0.15, -0.1) is 0 Å². The molecule has 0 amide bonds. The molecule has 0 radical (unpaired) electrons. The fourth-order valence-corrected chi connectivity index (χ4v) is 2.94. The molecule has 0 spiro atoms. The Morgan fingerprint density at radius 1 is 1.57 bits per heavy atom. The van der Waals surface area contributed by atoms with Crippen molar-refractivity contribution in [3.63, 3.8) is 0 Å². The van der Waals surface area contributed by atoms with Gasteiger partial charge in [-0.05, 0) is 25.7 Å². The van der Waals surface area contributed by atoms with Crippen molar-refractivity contribution in [1.82, 2.24) is 4.31 Å². The molecule has 0 saturated carbocycles. The van der Waals surface area contributed by atoms with Gasteiger partial charge in [-0.1, -0.05) is 0 Å². The Morgan fingerprint density at radius 3 is 2.86 bits per heavy atom. The Kier molecular flexibility index (Phi) is 4.31. The van der Waals surface area contributed by atoms with Crippen LogP contribution in [0.4, 0.5) is 0 Å². The van der Waals surface area contributed by atoms with E-state index in [1.54, 1.807) is 11.2 Å². The zero-order chi connectivity index (χ0) is 10.6. The highest BCUT2D eigenvalue weighted by Crippen LogP contribution is 2.19. The van der Waals surface area contributed by atoms with Gasteiger partial charge in [0.15, 0.2) is 0 Å². The molecular formula is C8H18N2O3S. The summed E-state index contributed by atoms with van der Waals surface area (Å²) in [5.41, 5.74) is 0. The lowest BCUT2D eigenvalue weighted by Crippen LogP contribution is -2.42. The Morgan fingerprint density at radius 2 is 2.29 bits per heavy atom. The van der Waals surface area contributed by atoms with Crippen LogP contribution >= 0.6 is 0 Å². The maximum absolute atomic E-state index is 11.6. The van der Waals surface area contributed by atoms with Crippen LogP contribution in [-0.4, -0.2) is 38.2 Å². The molecule has 6 heteroatoms. The van der Waals surface area contributed by atoms with Crippen LogP contribution in [0.2, 0.25) is 0 Å². The molecule has 1 unspecified atom stereocenters. The molecule has 1 aliphatic rings. The predicted octanol–water partition coefficient (Wildman–Crippen LogP) is -0.0616. The van der Waals surface area contributed by atoms with Gasteiger partial charge in [0.2, 0.25) is 10.0 Å². The van der Waals surface area contributed by atoms with E-state index >= 15 is 0 Å². The second-order valence-electron chi connectivity index (χ2n) is 3.60. The van der Waals surface area contributed by atoms with Crippen molar-refractivity contribution in [2.45, 2.75) is 19.8 Å². The lowest BCUT2D eigenvalue weighted by Gasteiger charge is -2.30. The number of hydrogen-bond acceptors (Lipinski definition) is 4. The summed E-state index contributed by atoms with van der Waals surface area (Å²) in [4.78, 5) is 4.55. The molecule has 0 aromatic rings. The van der Waals surface area contributed by atoms with Crippen LogP contribution in [0.5, 0.6) is 0 Å². The van der Waals surface area contributed by atoms with E-state index in [1.807, 2.05) is 0 Å². The fourth-order valence-electron chi connectivity index (χ4n) is 1.73. The minimum absolute atomic E-state index is 0.170. The standard InChI is InChI=1S/C8H18N2O3S/c1-2-14(11,12)10-5-3-4-8(6-10)7-13-9/h8H,2-7,9H2,1H3. The highest BCUT2D eigenvalue weighted by atomic mass is 32.2. The predicted molar refractivity (Wildman–Crippen MR) is 53.9 cm³/mol. The lowest BCUT2D eigenvalue weighted by atomic mass is 10.0. The molecule has 1 atom stereocenters. The molecule has 0 aromatic heterocycles. The first-order chi connectivity index (χ1) is 6.60. The van der Waals surface area contributed by atoms with Crippen LogP contribution in [0, 0.1) is 5.92 Å². The summed E-state index contributed by atoms with van der Waals surface area (Å²) in [7, 11) is -3.04. The van der Waals surface area contributed by atoms with E-state index in [4.69, 9.17) is 5.90 Å². The van der Waals surface area contributed by atoms with E-state index in [2.05, 4.69) is 4.84 Å². The van der Waals surface area contributed by atoms with Crippen LogP contribution in [0.1, 0.15) is 19.8 Å². The minimum Gasteiger partial charge on any atom is -0.304 e. The first-order valence-corrected chi connectivity index (χ1v) is 6.50. The first-order valence-electron chi connectivity index (χ1n) is 4.89. The highest BCUT2D eigenvalue weighted by Gasteiger charge is 2.27. The number of nitrogens with two attached hydrogens (primary N) is 1. The second-order valence-corrected chi connectivity index (χ2v) is 5.86. The Bertz CT molecular complexity index is 264. The topological polar surface area (TPSA) is 72.6 Å². The Labute approximate surface area is 85.2 Å². The van der Waals surface area contributed by atoms with Crippen molar-refractivity contribution in [3.05, 3.63) is 0 Å². The maximum atomic E-state index is 11.6. The van der Waals surface area contributed by atoms with E-state index < -0.39 is 10.0 Å². The van der Waals surface area contributed by atoms with Gasteiger partial charge < -0.3 is 4.84 Å². The molecule has 1 saturated heterocycles. The molecule has 5 nitrogen and oxygen atoms in total. The van der Waals surface area contributed by atoms with E-state index in [1.165, 1.54) is 0 Å². The van der Waals surface area contributed by atoms with Crippen molar-refractivity contribution < 1.29 is 13.3 Å². The van der Waals surface area contributed by atoms with Gasteiger partial charge >= 0.3 is 0 Å². The van der Waals surface area contributed by atoms with Gasteiger partial charge in [0.25, 0.3) is 0 Å². The number of hydrogen-bond donors (Lipinski definition) is 1. The first kappa shape index (κ1) is 11.9. The molecule has 14 heavy (non-hydrogen) atoms. The van der Waals surface area contributed by atoms with E-state index in [9.17, 15) is 8.42 Å². The smallest absolute Gasteiger partial charge is 0.213 e. The van der Waals surface area contributed by atoms with Crippen molar-refractivity contribution in [3.8, 4) is 0 Å². The van der Waals surface area contributed by atoms with Crippen LogP contribution in [0.3, 0.4) is 0 Å². The van der Waals surface area contributed by atoms with Gasteiger partial charge in [0, 0.05) is 13.1 Å². The molecule has 1 heterocycles. The largest absolute Gasteiger partial charge is 0.304 e. The molecule has 2 N–H and O–H groups in total. The number of sulfonamides is 1. The van der Waals surface area contributed by atoms with Crippen molar-refractivity contribution in [1.29, 1.82) is 0 Å². The summed E-state index contributed by atoms with van der Waals surface area (Å²) in [6, 6.07) is 0. The molecule has 1 fully saturated rings. The van der Waals surface area contributed by atoms with Crippen LogP contribution < -0.4 is 5.90 Å². The summed E-state index contributed by atoms with van der Waals surface area (Å²) in [6.07, 6.45) is 1.89. The average molecular weight is 222 g/mol. The summed E-state index contributed by atoms with van der Waals surface area (Å²) in [5, 5.41) is 0. The van der Waals surface area contributed by atoms with Gasteiger partial charge in [-0.25, -0.2) is 18.6 Å². The lowest BCUT2D eigenvalue weighted by molar-refractivity contribution is 0.0787. The van der Waals surface area contributed by atoms with Gasteiger partial charge in [0.05, 0.1) is 12.4 Å². The van der Waals surface area contributed by atoms with Crippen molar-refractivity contribution >= 4 is 10.0 Å². The van der Waals surface area contributed by atoms with Gasteiger partial charge in [-0.2, -0.15) is 0 Å². The fraction of sp³-hybridized carbons (Fsp3) is 1.00. The Hall–Kier alpha value is -0.170. The number of piperidine rings is 1. The Balaban J connectivity index is 2.56. The van der Waals surface area contributed by atoms with E-state index in [0.29, 0.717) is 19.7 Å². The molecule has 0 bridgehead atoms. The SMILES string of the molecule is CCS(=O)(=O)N1CCCC(CON)C1. The maximum Gasteiger partial charge on any atom is 0.213 e. The van der Waals surface area contributed by atoms with Gasteiger partial charge in [0.1, 0.15) is 0 Å². The van der Waals surface area contributed by atoms with Crippen LogP contribution in [0.15, 0.2) is 0 Å². The van der Waals surface area contributed by atoms with Crippen LogP contribution in [0.25, 0.3) is 0 Å². The van der Waals surface area contributed by atoms with E-state index in [-0.39, 0.29) is 11.7 Å². The molecule has 0 aliphatic carbocycles. The third-order valence-corrected chi connectivity index (χ3v) is 4.42. The highest BCUT2D eigenvalue weighted by molar-refractivity contribution is 7.89. The number of nitrogens with zero attached hydrogens (tertiary/aromatic N) is 1. The molecular weight excluding hydrogens is 204 g/mol. The quantitative estimate of drug-likeness (QED) is 0.676. The van der Waals surface area contributed by atoms with Crippen molar-refractivity contribution in [2.24, 2.45) is 11.8 Å². The third kappa shape index (κ3) is 2.91. The van der Waals surface area contributed by atoms with Crippen molar-refractivity contribution in [2.75, 3.05) is 25.4 Å². The average Bonchev–Trinajstić information content (AvgIpc) is 2.19. The third-order valence-electron chi connectivity index (χ3n) is 2.57. The summed E-state index contributed by atoms with van der Waals surface area (Å²) < 4.78 is 24.7. The number of rotatable bonds is 4. The summed E-state index contributed by atoms with van der Waals surface area (Å²) in [5.74, 6) is 5.39. The molecule has 1 rings (SSSR count). The minimum atomic E-state index is -3.04. The monoisotopic (exact) mass is 222 g/mol. The summed E-state index contributed by atoms with van der Waals surface area (Å²) in [6.45, 7) is 3.29. The normalized spacial score (nSPS) is 25.1. The summed E-state index contributed by atoms with van der Waals surface area (Å²) >= 11 is 0. The zero-order valence-electron chi connectivity index (χ0n) is 8.48. The second kappa shape index (κ2) is 5.06. The molecule has 0 aromatic carbocycles. The zero-order valence-corrected chi connectivity index (χ0v) is 9.29.